The SMILES string of the molecule is O=S1(=O)CCC(S(=O)(=O)N[C@@H](CO)Cc2ccccc2)C1. The Morgan fingerprint density at radius 1 is 1.29 bits per heavy atom. The summed E-state index contributed by atoms with van der Waals surface area (Å²) in [5.41, 5.74) is 0.901. The lowest BCUT2D eigenvalue weighted by Gasteiger charge is -2.19. The summed E-state index contributed by atoms with van der Waals surface area (Å²) in [4.78, 5) is 0. The van der Waals surface area contributed by atoms with Gasteiger partial charge in [-0.1, -0.05) is 30.3 Å². The number of sulfone groups is 1. The fraction of sp³-hybridized carbons (Fsp3) is 0.538. The highest BCUT2D eigenvalue weighted by Gasteiger charge is 2.37. The Kier molecular flexibility index (Phi) is 5.03. The molecule has 0 amide bonds. The summed E-state index contributed by atoms with van der Waals surface area (Å²) in [6.07, 6.45) is 0.469. The summed E-state index contributed by atoms with van der Waals surface area (Å²) in [5, 5.41) is 8.43. The second kappa shape index (κ2) is 6.43. The Labute approximate surface area is 125 Å². The van der Waals surface area contributed by atoms with E-state index >= 15 is 0 Å². The lowest BCUT2D eigenvalue weighted by molar-refractivity contribution is 0.256. The third kappa shape index (κ3) is 4.50. The minimum atomic E-state index is -3.75. The standard InChI is InChI=1S/C13H19NO5S2/c15-9-12(8-11-4-2-1-3-5-11)14-21(18,19)13-6-7-20(16,17)10-13/h1-5,12-15H,6-10H2/t12-,13?/m1/s1. The molecule has 1 saturated heterocycles. The van der Waals surface area contributed by atoms with Crippen molar-refractivity contribution in [2.45, 2.75) is 24.1 Å². The van der Waals surface area contributed by atoms with E-state index < -0.39 is 31.2 Å². The smallest absolute Gasteiger partial charge is 0.215 e. The summed E-state index contributed by atoms with van der Waals surface area (Å²) < 4.78 is 49.6. The van der Waals surface area contributed by atoms with Gasteiger partial charge in [0.05, 0.1) is 23.4 Å². The molecule has 8 heteroatoms. The van der Waals surface area contributed by atoms with Crippen LogP contribution in [0.4, 0.5) is 0 Å². The topological polar surface area (TPSA) is 101 Å². The van der Waals surface area contributed by atoms with Gasteiger partial charge in [0, 0.05) is 6.04 Å². The minimum Gasteiger partial charge on any atom is -0.395 e. The Morgan fingerprint density at radius 3 is 2.48 bits per heavy atom. The van der Waals surface area contributed by atoms with E-state index in [9.17, 15) is 21.9 Å². The van der Waals surface area contributed by atoms with Crippen LogP contribution in [0.2, 0.25) is 0 Å². The van der Waals surface area contributed by atoms with Crippen LogP contribution in [0.25, 0.3) is 0 Å². The van der Waals surface area contributed by atoms with Crippen LogP contribution in [0.1, 0.15) is 12.0 Å². The number of aliphatic hydroxyl groups excluding tert-OH is 1. The van der Waals surface area contributed by atoms with Crippen molar-refractivity contribution in [1.82, 2.24) is 4.72 Å². The first-order valence-corrected chi connectivity index (χ1v) is 10.1. The van der Waals surface area contributed by atoms with Gasteiger partial charge in [0.25, 0.3) is 0 Å². The maximum atomic E-state index is 12.2. The van der Waals surface area contributed by atoms with Gasteiger partial charge in [-0.25, -0.2) is 21.6 Å². The molecule has 0 radical (unpaired) electrons. The molecule has 0 aliphatic carbocycles. The largest absolute Gasteiger partial charge is 0.395 e. The first-order chi connectivity index (χ1) is 9.82. The van der Waals surface area contributed by atoms with E-state index in [1.807, 2.05) is 30.3 Å². The third-order valence-corrected chi connectivity index (χ3v) is 7.43. The van der Waals surface area contributed by atoms with Crippen LogP contribution in [0.3, 0.4) is 0 Å². The van der Waals surface area contributed by atoms with E-state index in [1.54, 1.807) is 0 Å². The molecule has 1 aromatic carbocycles. The minimum absolute atomic E-state index is 0.0962. The summed E-state index contributed by atoms with van der Waals surface area (Å²) in [6, 6.07) is 8.56. The average molecular weight is 333 g/mol. The molecule has 2 atom stereocenters. The van der Waals surface area contributed by atoms with Crippen molar-refractivity contribution in [2.75, 3.05) is 18.1 Å². The van der Waals surface area contributed by atoms with Gasteiger partial charge in [-0.3, -0.25) is 0 Å². The second-order valence-corrected chi connectivity index (χ2v) is 9.48. The van der Waals surface area contributed by atoms with Crippen LogP contribution >= 0.6 is 0 Å². The van der Waals surface area contributed by atoms with Crippen molar-refractivity contribution in [3.63, 3.8) is 0 Å². The van der Waals surface area contributed by atoms with Gasteiger partial charge in [0.15, 0.2) is 9.84 Å². The molecular weight excluding hydrogens is 314 g/mol. The molecule has 1 aromatic rings. The number of hydrogen-bond acceptors (Lipinski definition) is 5. The molecule has 1 aliphatic rings. The van der Waals surface area contributed by atoms with E-state index in [-0.39, 0.29) is 24.5 Å². The van der Waals surface area contributed by atoms with Crippen LogP contribution in [-0.4, -0.2) is 51.3 Å². The fourth-order valence-electron chi connectivity index (χ4n) is 2.38. The zero-order valence-electron chi connectivity index (χ0n) is 11.5. The van der Waals surface area contributed by atoms with Crippen LogP contribution in [0, 0.1) is 0 Å². The molecule has 1 heterocycles. The Hall–Kier alpha value is -0.960. The van der Waals surface area contributed by atoms with Gasteiger partial charge in [-0.15, -0.1) is 0 Å². The first kappa shape index (κ1) is 16.4. The normalized spacial score (nSPS) is 23.0. The predicted molar refractivity (Wildman–Crippen MR) is 80.1 cm³/mol. The summed E-state index contributed by atoms with van der Waals surface area (Å²) >= 11 is 0. The van der Waals surface area contributed by atoms with Crippen molar-refractivity contribution in [3.8, 4) is 0 Å². The Morgan fingerprint density at radius 2 is 1.95 bits per heavy atom. The zero-order chi connectivity index (χ0) is 15.5. The molecule has 0 saturated carbocycles. The van der Waals surface area contributed by atoms with E-state index in [0.29, 0.717) is 6.42 Å². The van der Waals surface area contributed by atoms with Crippen LogP contribution in [-0.2, 0) is 26.3 Å². The highest BCUT2D eigenvalue weighted by atomic mass is 32.2. The molecule has 0 spiro atoms. The van der Waals surface area contributed by atoms with Gasteiger partial charge < -0.3 is 5.11 Å². The highest BCUT2D eigenvalue weighted by Crippen LogP contribution is 2.18. The lowest BCUT2D eigenvalue weighted by Crippen LogP contribution is -2.44. The van der Waals surface area contributed by atoms with Gasteiger partial charge in [-0.2, -0.15) is 0 Å². The van der Waals surface area contributed by atoms with E-state index in [2.05, 4.69) is 4.72 Å². The second-order valence-electron chi connectivity index (χ2n) is 5.26. The number of rotatable bonds is 6. The molecule has 1 fully saturated rings. The number of aliphatic hydroxyl groups is 1. The van der Waals surface area contributed by atoms with E-state index in [0.717, 1.165) is 5.56 Å². The molecular formula is C13H19NO5S2. The Bertz CT molecular complexity index is 670. The molecule has 6 nitrogen and oxygen atoms in total. The quantitative estimate of drug-likeness (QED) is 0.744. The molecule has 1 unspecified atom stereocenters. The third-order valence-electron chi connectivity index (χ3n) is 3.51. The maximum Gasteiger partial charge on any atom is 0.215 e. The van der Waals surface area contributed by atoms with Crippen molar-refractivity contribution in [2.24, 2.45) is 0 Å². The summed E-state index contributed by atoms with van der Waals surface area (Å²) in [5.74, 6) is -0.438. The van der Waals surface area contributed by atoms with Gasteiger partial charge >= 0.3 is 0 Å². The monoisotopic (exact) mass is 333 g/mol. The van der Waals surface area contributed by atoms with Crippen LogP contribution in [0.5, 0.6) is 0 Å². The first-order valence-electron chi connectivity index (χ1n) is 6.69. The van der Waals surface area contributed by atoms with Crippen molar-refractivity contribution < 1.29 is 21.9 Å². The number of nitrogens with one attached hydrogen (secondary N) is 1. The molecule has 21 heavy (non-hydrogen) atoms. The van der Waals surface area contributed by atoms with E-state index in [1.165, 1.54) is 0 Å². The molecule has 1 aliphatic heterocycles. The highest BCUT2D eigenvalue weighted by molar-refractivity contribution is 7.95. The number of benzene rings is 1. The summed E-state index contributed by atoms with van der Waals surface area (Å²) in [7, 11) is -7.01. The Balaban J connectivity index is 2.04. The van der Waals surface area contributed by atoms with Crippen molar-refractivity contribution in [1.29, 1.82) is 0 Å². The molecule has 0 bridgehead atoms. The van der Waals surface area contributed by atoms with Crippen LogP contribution in [0.15, 0.2) is 30.3 Å². The zero-order valence-corrected chi connectivity index (χ0v) is 13.1. The molecule has 2 N–H and O–H groups in total. The molecule has 2 rings (SSSR count). The molecule has 0 aromatic heterocycles. The summed E-state index contributed by atoms with van der Waals surface area (Å²) in [6.45, 7) is -0.340. The average Bonchev–Trinajstić information content (AvgIpc) is 2.80. The van der Waals surface area contributed by atoms with Crippen LogP contribution < -0.4 is 4.72 Å². The predicted octanol–water partition coefficient (Wildman–Crippen LogP) is -0.303. The van der Waals surface area contributed by atoms with Gasteiger partial charge in [-0.05, 0) is 18.4 Å². The fourth-order valence-corrected chi connectivity index (χ4v) is 6.65. The molecule has 118 valence electrons. The van der Waals surface area contributed by atoms with Gasteiger partial charge in [0.2, 0.25) is 10.0 Å². The van der Waals surface area contributed by atoms with Gasteiger partial charge in [0.1, 0.15) is 0 Å². The number of hydrogen-bond donors (Lipinski definition) is 2. The van der Waals surface area contributed by atoms with E-state index in [4.69, 9.17) is 0 Å². The van der Waals surface area contributed by atoms with Crippen molar-refractivity contribution >= 4 is 19.9 Å². The van der Waals surface area contributed by atoms with Crippen molar-refractivity contribution in [3.05, 3.63) is 35.9 Å². The maximum absolute atomic E-state index is 12.2. The number of sulfonamides is 1. The lowest BCUT2D eigenvalue weighted by atomic mass is 10.1.